The van der Waals surface area contributed by atoms with Crippen molar-refractivity contribution in [1.82, 2.24) is 5.32 Å². The quantitative estimate of drug-likeness (QED) is 0.657. The lowest BCUT2D eigenvalue weighted by atomic mass is 10.00. The fraction of sp³-hybridized carbons (Fsp3) is 0.833. The van der Waals surface area contributed by atoms with Crippen LogP contribution in [0, 0.1) is 5.92 Å². The Balaban J connectivity index is 1.82. The van der Waals surface area contributed by atoms with Crippen LogP contribution in [-0.2, 0) is 0 Å². The lowest BCUT2D eigenvalue weighted by molar-refractivity contribution is 0.367. The normalized spacial score (nSPS) is 38.7. The van der Waals surface area contributed by atoms with Crippen LogP contribution >= 0.6 is 0 Å². The topological polar surface area (TPSA) is 12.0 Å². The Kier molecular flexibility index (Phi) is 3.05. The Bertz CT molecular complexity index is 186. The zero-order chi connectivity index (χ0) is 9.10. The summed E-state index contributed by atoms with van der Waals surface area (Å²) in [6.45, 7) is 2.33. The van der Waals surface area contributed by atoms with Crippen LogP contribution in [0.5, 0.6) is 0 Å². The molecule has 0 bridgehead atoms. The Morgan fingerprint density at radius 2 is 2.23 bits per heavy atom. The molecule has 0 aromatic heterocycles. The molecule has 2 aliphatic rings. The SMILES string of the molecule is CCC1CCCC1NC1C=CCC1. The fourth-order valence-corrected chi connectivity index (χ4v) is 2.79. The molecule has 0 radical (unpaired) electrons. The summed E-state index contributed by atoms with van der Waals surface area (Å²) in [5.41, 5.74) is 0. The number of rotatable bonds is 3. The summed E-state index contributed by atoms with van der Waals surface area (Å²) in [5.74, 6) is 0.953. The van der Waals surface area contributed by atoms with E-state index in [0.717, 1.165) is 12.0 Å². The first-order chi connectivity index (χ1) is 6.40. The van der Waals surface area contributed by atoms with Crippen LogP contribution in [0.4, 0.5) is 0 Å². The Morgan fingerprint density at radius 3 is 2.92 bits per heavy atom. The molecule has 1 heteroatoms. The molecule has 0 aromatic carbocycles. The largest absolute Gasteiger partial charge is 0.307 e. The highest BCUT2D eigenvalue weighted by molar-refractivity contribution is 5.02. The summed E-state index contributed by atoms with van der Waals surface area (Å²) < 4.78 is 0. The Labute approximate surface area is 81.6 Å². The molecule has 3 atom stereocenters. The molecule has 0 saturated heterocycles. The molecule has 13 heavy (non-hydrogen) atoms. The average Bonchev–Trinajstić information content (AvgIpc) is 2.76. The van der Waals surface area contributed by atoms with E-state index < -0.39 is 0 Å². The maximum atomic E-state index is 3.79. The van der Waals surface area contributed by atoms with Gasteiger partial charge < -0.3 is 5.32 Å². The van der Waals surface area contributed by atoms with Gasteiger partial charge in [-0.2, -0.15) is 0 Å². The van der Waals surface area contributed by atoms with E-state index in [-0.39, 0.29) is 0 Å². The van der Waals surface area contributed by atoms with Crippen molar-refractivity contribution in [3.05, 3.63) is 12.2 Å². The third-order valence-corrected chi connectivity index (χ3v) is 3.62. The van der Waals surface area contributed by atoms with Gasteiger partial charge in [-0.1, -0.05) is 31.9 Å². The summed E-state index contributed by atoms with van der Waals surface area (Å²) in [5, 5.41) is 3.79. The van der Waals surface area contributed by atoms with Crippen LogP contribution < -0.4 is 5.32 Å². The summed E-state index contributed by atoms with van der Waals surface area (Å²) in [6, 6.07) is 1.51. The van der Waals surface area contributed by atoms with Gasteiger partial charge in [-0.25, -0.2) is 0 Å². The number of hydrogen-bond donors (Lipinski definition) is 1. The first kappa shape index (κ1) is 9.26. The molecule has 74 valence electrons. The van der Waals surface area contributed by atoms with Crippen LogP contribution in [0.2, 0.25) is 0 Å². The molecule has 3 unspecified atom stereocenters. The minimum atomic E-state index is 0.692. The number of allylic oxidation sites excluding steroid dienone is 1. The highest BCUT2D eigenvalue weighted by Gasteiger charge is 2.27. The summed E-state index contributed by atoms with van der Waals surface area (Å²) in [7, 11) is 0. The van der Waals surface area contributed by atoms with Crippen LogP contribution in [0.15, 0.2) is 12.2 Å². The third-order valence-electron chi connectivity index (χ3n) is 3.62. The molecule has 1 saturated carbocycles. The van der Waals surface area contributed by atoms with E-state index in [9.17, 15) is 0 Å². The molecule has 1 nitrogen and oxygen atoms in total. The van der Waals surface area contributed by atoms with E-state index in [0.29, 0.717) is 6.04 Å². The molecule has 1 fully saturated rings. The van der Waals surface area contributed by atoms with E-state index in [2.05, 4.69) is 24.4 Å². The van der Waals surface area contributed by atoms with Gasteiger partial charge in [0.25, 0.3) is 0 Å². The van der Waals surface area contributed by atoms with Crippen molar-refractivity contribution in [3.63, 3.8) is 0 Å². The van der Waals surface area contributed by atoms with Crippen molar-refractivity contribution in [2.75, 3.05) is 0 Å². The van der Waals surface area contributed by atoms with Crippen molar-refractivity contribution in [3.8, 4) is 0 Å². The highest BCUT2D eigenvalue weighted by atomic mass is 15.0. The standard InChI is InChI=1S/C12H21N/c1-2-10-6-5-9-12(10)13-11-7-3-4-8-11/h3,7,10-13H,2,4-6,8-9H2,1H3. The summed E-state index contributed by atoms with van der Waals surface area (Å²) >= 11 is 0. The second-order valence-electron chi connectivity index (χ2n) is 4.48. The second kappa shape index (κ2) is 4.28. The van der Waals surface area contributed by atoms with Crippen molar-refractivity contribution in [1.29, 1.82) is 0 Å². The first-order valence-corrected chi connectivity index (χ1v) is 5.83. The van der Waals surface area contributed by atoms with Gasteiger partial charge in [0.15, 0.2) is 0 Å². The Morgan fingerprint density at radius 1 is 1.31 bits per heavy atom. The van der Waals surface area contributed by atoms with Gasteiger partial charge in [-0.05, 0) is 31.6 Å². The number of nitrogens with one attached hydrogen (secondary N) is 1. The predicted octanol–water partition coefficient (Wildman–Crippen LogP) is 2.87. The van der Waals surface area contributed by atoms with Crippen LogP contribution in [-0.4, -0.2) is 12.1 Å². The van der Waals surface area contributed by atoms with Crippen molar-refractivity contribution >= 4 is 0 Å². The van der Waals surface area contributed by atoms with E-state index in [1.54, 1.807) is 0 Å². The van der Waals surface area contributed by atoms with E-state index >= 15 is 0 Å². The van der Waals surface area contributed by atoms with E-state index in [4.69, 9.17) is 0 Å². The fourth-order valence-electron chi connectivity index (χ4n) is 2.79. The number of hydrogen-bond acceptors (Lipinski definition) is 1. The van der Waals surface area contributed by atoms with Gasteiger partial charge in [0.2, 0.25) is 0 Å². The molecule has 0 aliphatic heterocycles. The molecule has 0 amide bonds. The lowest BCUT2D eigenvalue weighted by Gasteiger charge is -2.23. The minimum Gasteiger partial charge on any atom is -0.307 e. The van der Waals surface area contributed by atoms with Crippen molar-refractivity contribution in [2.45, 2.75) is 57.5 Å². The molecule has 0 aromatic rings. The van der Waals surface area contributed by atoms with Gasteiger partial charge in [0, 0.05) is 12.1 Å². The van der Waals surface area contributed by atoms with Gasteiger partial charge in [0.05, 0.1) is 0 Å². The first-order valence-electron chi connectivity index (χ1n) is 5.83. The van der Waals surface area contributed by atoms with Gasteiger partial charge in [-0.15, -0.1) is 0 Å². The van der Waals surface area contributed by atoms with Gasteiger partial charge >= 0.3 is 0 Å². The lowest BCUT2D eigenvalue weighted by Crippen LogP contribution is -2.38. The second-order valence-corrected chi connectivity index (χ2v) is 4.48. The monoisotopic (exact) mass is 179 g/mol. The third kappa shape index (κ3) is 2.14. The maximum absolute atomic E-state index is 3.79. The highest BCUT2D eigenvalue weighted by Crippen LogP contribution is 2.29. The predicted molar refractivity (Wildman–Crippen MR) is 56.7 cm³/mol. The zero-order valence-corrected chi connectivity index (χ0v) is 8.63. The maximum Gasteiger partial charge on any atom is 0.0255 e. The molecular formula is C12H21N. The van der Waals surface area contributed by atoms with Gasteiger partial charge in [0.1, 0.15) is 0 Å². The van der Waals surface area contributed by atoms with Crippen molar-refractivity contribution in [2.24, 2.45) is 5.92 Å². The molecule has 2 rings (SSSR count). The van der Waals surface area contributed by atoms with E-state index in [1.807, 2.05) is 0 Å². The average molecular weight is 179 g/mol. The molecule has 0 heterocycles. The van der Waals surface area contributed by atoms with Crippen LogP contribution in [0.25, 0.3) is 0 Å². The van der Waals surface area contributed by atoms with Gasteiger partial charge in [-0.3, -0.25) is 0 Å². The van der Waals surface area contributed by atoms with Crippen LogP contribution in [0.3, 0.4) is 0 Å². The minimum absolute atomic E-state index is 0.692. The van der Waals surface area contributed by atoms with E-state index in [1.165, 1.54) is 38.5 Å². The molecule has 2 aliphatic carbocycles. The molecule has 1 N–H and O–H groups in total. The van der Waals surface area contributed by atoms with Crippen molar-refractivity contribution < 1.29 is 0 Å². The summed E-state index contributed by atoms with van der Waals surface area (Å²) in [6.07, 6.45) is 12.9. The zero-order valence-electron chi connectivity index (χ0n) is 8.63. The van der Waals surface area contributed by atoms with Crippen LogP contribution in [0.1, 0.15) is 45.4 Å². The summed E-state index contributed by atoms with van der Waals surface area (Å²) in [4.78, 5) is 0. The smallest absolute Gasteiger partial charge is 0.0255 e. The molecular weight excluding hydrogens is 158 g/mol. The molecule has 0 spiro atoms. The Hall–Kier alpha value is -0.300.